The molecule has 0 spiro atoms. The topological polar surface area (TPSA) is 38.3 Å². The van der Waals surface area contributed by atoms with E-state index < -0.39 is 5.54 Å². The summed E-state index contributed by atoms with van der Waals surface area (Å²) in [6, 6.07) is 37.6. The molecule has 164 valence electrons. The van der Waals surface area contributed by atoms with Gasteiger partial charge in [0.05, 0.1) is 12.6 Å². The molecule has 0 aliphatic carbocycles. The van der Waals surface area contributed by atoms with Gasteiger partial charge >= 0.3 is 0 Å². The van der Waals surface area contributed by atoms with E-state index in [4.69, 9.17) is 4.74 Å². The van der Waals surface area contributed by atoms with E-state index in [0.717, 1.165) is 22.4 Å². The Labute approximate surface area is 195 Å². The summed E-state index contributed by atoms with van der Waals surface area (Å²) < 4.78 is 5.26. The van der Waals surface area contributed by atoms with E-state index in [2.05, 4.69) is 41.7 Å². The third-order valence-corrected chi connectivity index (χ3v) is 5.75. The van der Waals surface area contributed by atoms with Crippen LogP contribution in [0.3, 0.4) is 0 Å². The lowest BCUT2D eigenvalue weighted by Gasteiger charge is -2.35. The number of methoxy groups -OCH3 is 1. The predicted molar refractivity (Wildman–Crippen MR) is 134 cm³/mol. The van der Waals surface area contributed by atoms with E-state index in [9.17, 15) is 4.79 Å². The second-order valence-electron chi connectivity index (χ2n) is 7.84. The summed E-state index contributed by atoms with van der Waals surface area (Å²) >= 11 is 0. The summed E-state index contributed by atoms with van der Waals surface area (Å²) in [4.78, 5) is 13.4. The molecule has 3 heteroatoms. The lowest BCUT2D eigenvalue weighted by atomic mass is 9.79. The molecule has 0 heterocycles. The van der Waals surface area contributed by atoms with Crippen LogP contribution in [-0.2, 0) is 5.54 Å². The maximum atomic E-state index is 13.4. The molecule has 4 aromatic rings. The monoisotopic (exact) mass is 433 g/mol. The fourth-order valence-electron chi connectivity index (χ4n) is 3.99. The van der Waals surface area contributed by atoms with Gasteiger partial charge in [0.2, 0.25) is 0 Å². The van der Waals surface area contributed by atoms with Crippen molar-refractivity contribution in [2.45, 2.75) is 12.0 Å². The Hall–Kier alpha value is -4.11. The minimum Gasteiger partial charge on any atom is -0.497 e. The van der Waals surface area contributed by atoms with Gasteiger partial charge in [-0.05, 0) is 47.4 Å². The van der Waals surface area contributed by atoms with Crippen molar-refractivity contribution in [2.75, 3.05) is 7.11 Å². The summed E-state index contributed by atoms with van der Waals surface area (Å²) in [5, 5.41) is 3.37. The molecule has 0 aromatic heterocycles. The summed E-state index contributed by atoms with van der Waals surface area (Å²) in [5.41, 5.74) is 3.03. The second-order valence-corrected chi connectivity index (χ2v) is 7.84. The molecule has 4 rings (SSSR count). The number of ether oxygens (including phenoxy) is 1. The van der Waals surface area contributed by atoms with Crippen LogP contribution in [0.2, 0.25) is 0 Å². The van der Waals surface area contributed by atoms with Gasteiger partial charge in [-0.3, -0.25) is 4.79 Å². The van der Waals surface area contributed by atoms with Gasteiger partial charge in [0.1, 0.15) is 5.75 Å². The van der Waals surface area contributed by atoms with Crippen LogP contribution in [-0.4, -0.2) is 13.0 Å². The molecule has 3 nitrogen and oxygen atoms in total. The first-order valence-electron chi connectivity index (χ1n) is 11.0. The van der Waals surface area contributed by atoms with Crippen molar-refractivity contribution in [1.82, 2.24) is 5.32 Å². The van der Waals surface area contributed by atoms with Crippen LogP contribution in [0.4, 0.5) is 0 Å². The van der Waals surface area contributed by atoms with Crippen LogP contribution in [0.1, 0.15) is 33.5 Å². The van der Waals surface area contributed by atoms with E-state index in [1.165, 1.54) is 0 Å². The van der Waals surface area contributed by atoms with E-state index in [1.54, 1.807) is 7.11 Å². The Morgan fingerprint density at radius 3 is 1.79 bits per heavy atom. The molecule has 33 heavy (non-hydrogen) atoms. The SMILES string of the molecule is COc1ccc(/C=C/CC(NC(=O)c2ccccc2)(c2ccccc2)c2ccccc2)cc1. The number of benzene rings is 4. The Balaban J connectivity index is 1.75. The molecule has 0 bridgehead atoms. The Morgan fingerprint density at radius 1 is 0.758 bits per heavy atom. The lowest BCUT2D eigenvalue weighted by Crippen LogP contribution is -2.46. The van der Waals surface area contributed by atoms with Crippen LogP contribution >= 0.6 is 0 Å². The van der Waals surface area contributed by atoms with E-state index in [0.29, 0.717) is 12.0 Å². The lowest BCUT2D eigenvalue weighted by molar-refractivity contribution is 0.0913. The highest BCUT2D eigenvalue weighted by molar-refractivity contribution is 5.95. The average molecular weight is 434 g/mol. The number of carbonyl (C=O) groups is 1. The minimum absolute atomic E-state index is 0.110. The minimum atomic E-state index is -0.724. The van der Waals surface area contributed by atoms with E-state index in [-0.39, 0.29) is 5.91 Å². The van der Waals surface area contributed by atoms with Gasteiger partial charge in [-0.2, -0.15) is 0 Å². The van der Waals surface area contributed by atoms with Crippen molar-refractivity contribution in [3.8, 4) is 5.75 Å². The van der Waals surface area contributed by atoms with Crippen LogP contribution in [0.25, 0.3) is 6.08 Å². The fraction of sp³-hybridized carbons (Fsp3) is 0.100. The zero-order chi connectivity index (χ0) is 22.9. The Morgan fingerprint density at radius 2 is 1.27 bits per heavy atom. The average Bonchev–Trinajstić information content (AvgIpc) is 2.90. The van der Waals surface area contributed by atoms with Gasteiger partial charge < -0.3 is 10.1 Å². The van der Waals surface area contributed by atoms with Gasteiger partial charge in [-0.15, -0.1) is 0 Å². The number of carbonyl (C=O) groups excluding carboxylic acids is 1. The van der Waals surface area contributed by atoms with Gasteiger partial charge in [0, 0.05) is 5.56 Å². The number of nitrogens with one attached hydrogen (secondary N) is 1. The van der Waals surface area contributed by atoms with Crippen LogP contribution in [0.5, 0.6) is 5.75 Å². The molecule has 0 aliphatic rings. The quantitative estimate of drug-likeness (QED) is 0.346. The maximum absolute atomic E-state index is 13.4. The molecular formula is C30H27NO2. The molecule has 0 fully saturated rings. The first-order valence-corrected chi connectivity index (χ1v) is 11.0. The van der Waals surface area contributed by atoms with Crippen molar-refractivity contribution < 1.29 is 9.53 Å². The summed E-state index contributed by atoms with van der Waals surface area (Å²) in [6.07, 6.45) is 4.79. The molecule has 0 unspecified atom stereocenters. The molecule has 0 aliphatic heterocycles. The van der Waals surface area contributed by atoms with Crippen molar-refractivity contribution in [1.29, 1.82) is 0 Å². The largest absolute Gasteiger partial charge is 0.497 e. The van der Waals surface area contributed by atoms with Crippen molar-refractivity contribution in [2.24, 2.45) is 0 Å². The van der Waals surface area contributed by atoms with Crippen LogP contribution in [0.15, 0.2) is 121 Å². The predicted octanol–water partition coefficient (Wildman–Crippen LogP) is 6.47. The van der Waals surface area contributed by atoms with Gasteiger partial charge in [0.15, 0.2) is 0 Å². The molecule has 1 amide bonds. The van der Waals surface area contributed by atoms with Crippen LogP contribution < -0.4 is 10.1 Å². The molecule has 0 atom stereocenters. The number of hydrogen-bond donors (Lipinski definition) is 1. The molecule has 4 aromatic carbocycles. The standard InChI is InChI=1S/C30H27NO2/c1-33-28-21-19-24(20-22-28)12-11-23-30(26-15-7-3-8-16-26,27-17-9-4-10-18-27)31-29(32)25-13-5-2-6-14-25/h2-22H,23H2,1H3,(H,31,32)/b12-11+. The zero-order valence-corrected chi connectivity index (χ0v) is 18.6. The molecule has 0 saturated carbocycles. The van der Waals surface area contributed by atoms with Crippen molar-refractivity contribution in [3.63, 3.8) is 0 Å². The third-order valence-electron chi connectivity index (χ3n) is 5.75. The zero-order valence-electron chi connectivity index (χ0n) is 18.6. The molecule has 0 saturated heterocycles. The fourth-order valence-corrected chi connectivity index (χ4v) is 3.99. The molecule has 1 N–H and O–H groups in total. The van der Waals surface area contributed by atoms with Gasteiger partial charge in [-0.1, -0.05) is 103 Å². The van der Waals surface area contributed by atoms with Gasteiger partial charge in [-0.25, -0.2) is 0 Å². The highest BCUT2D eigenvalue weighted by Gasteiger charge is 2.35. The highest BCUT2D eigenvalue weighted by atomic mass is 16.5. The summed E-state index contributed by atoms with van der Waals surface area (Å²) in [6.45, 7) is 0. The number of rotatable bonds is 8. The van der Waals surface area contributed by atoms with E-state index in [1.807, 2.05) is 91.0 Å². The number of hydrogen-bond acceptors (Lipinski definition) is 2. The first kappa shape index (κ1) is 22.1. The number of amides is 1. The summed E-state index contributed by atoms with van der Waals surface area (Å²) in [5.74, 6) is 0.714. The smallest absolute Gasteiger partial charge is 0.252 e. The normalized spacial score (nSPS) is 11.3. The maximum Gasteiger partial charge on any atom is 0.252 e. The van der Waals surface area contributed by atoms with Crippen molar-refractivity contribution in [3.05, 3.63) is 144 Å². The Bertz CT molecular complexity index is 1150. The summed E-state index contributed by atoms with van der Waals surface area (Å²) in [7, 11) is 1.66. The highest BCUT2D eigenvalue weighted by Crippen LogP contribution is 2.34. The van der Waals surface area contributed by atoms with Gasteiger partial charge in [0.25, 0.3) is 5.91 Å². The molecule has 0 radical (unpaired) electrons. The van der Waals surface area contributed by atoms with Crippen molar-refractivity contribution >= 4 is 12.0 Å². The molecular weight excluding hydrogens is 406 g/mol. The Kier molecular flexibility index (Phi) is 7.01. The van der Waals surface area contributed by atoms with Crippen LogP contribution in [0, 0.1) is 0 Å². The second kappa shape index (κ2) is 10.5. The first-order chi connectivity index (χ1) is 16.2. The third kappa shape index (κ3) is 5.21. The van der Waals surface area contributed by atoms with E-state index >= 15 is 0 Å².